The molecule has 2 amide bonds. The Kier molecular flexibility index (Phi) is 20.5. The van der Waals surface area contributed by atoms with Gasteiger partial charge in [-0.25, -0.2) is 9.59 Å². The maximum atomic E-state index is 11.5. The number of esters is 2. The SMILES string of the molecule is CC(C)(C)OC(=O)NCCC(=O)O.CC(C)(C)OC(=O)NCCC(=O)OCc1ccccc1.NCCC(=O)OCc1ccccc1. The number of nitrogens with one attached hydrogen (secondary N) is 2. The van der Waals surface area contributed by atoms with Gasteiger partial charge in [0.1, 0.15) is 24.4 Å². The quantitative estimate of drug-likeness (QED) is 0.184. The molecule has 2 aromatic carbocycles. The van der Waals surface area contributed by atoms with Crippen molar-refractivity contribution in [1.29, 1.82) is 0 Å². The summed E-state index contributed by atoms with van der Waals surface area (Å²) >= 11 is 0. The fourth-order valence-corrected chi connectivity index (χ4v) is 2.90. The van der Waals surface area contributed by atoms with Gasteiger partial charge in [0.25, 0.3) is 0 Å². The number of carbonyl (C=O) groups is 5. The molecule has 256 valence electrons. The van der Waals surface area contributed by atoms with Gasteiger partial charge in [-0.2, -0.15) is 0 Å². The molecule has 0 radical (unpaired) electrons. The van der Waals surface area contributed by atoms with Crippen molar-refractivity contribution >= 4 is 30.1 Å². The summed E-state index contributed by atoms with van der Waals surface area (Å²) in [4.78, 5) is 54.7. The Hall–Kier alpha value is -4.65. The van der Waals surface area contributed by atoms with E-state index in [4.69, 9.17) is 29.8 Å². The maximum Gasteiger partial charge on any atom is 0.407 e. The minimum Gasteiger partial charge on any atom is -0.481 e. The van der Waals surface area contributed by atoms with Crippen LogP contribution in [0.3, 0.4) is 0 Å². The van der Waals surface area contributed by atoms with E-state index in [2.05, 4.69) is 10.6 Å². The molecule has 0 heterocycles. The molecule has 0 aliphatic rings. The molecule has 0 saturated carbocycles. The Morgan fingerprint density at radius 2 is 1.00 bits per heavy atom. The van der Waals surface area contributed by atoms with E-state index in [0.29, 0.717) is 13.2 Å². The second-order valence-electron chi connectivity index (χ2n) is 11.6. The molecule has 0 bridgehead atoms. The summed E-state index contributed by atoms with van der Waals surface area (Å²) < 4.78 is 20.0. The smallest absolute Gasteiger partial charge is 0.407 e. The summed E-state index contributed by atoms with van der Waals surface area (Å²) in [5, 5.41) is 13.1. The van der Waals surface area contributed by atoms with Crippen molar-refractivity contribution in [2.24, 2.45) is 5.73 Å². The van der Waals surface area contributed by atoms with Crippen molar-refractivity contribution in [3.05, 3.63) is 71.8 Å². The topological polar surface area (TPSA) is 193 Å². The van der Waals surface area contributed by atoms with Gasteiger partial charge in [-0.3, -0.25) is 14.4 Å². The first-order chi connectivity index (χ1) is 21.5. The van der Waals surface area contributed by atoms with E-state index < -0.39 is 29.4 Å². The van der Waals surface area contributed by atoms with Crippen molar-refractivity contribution < 1.29 is 48.0 Å². The fourth-order valence-electron chi connectivity index (χ4n) is 2.90. The molecular weight excluding hydrogens is 598 g/mol. The lowest BCUT2D eigenvalue weighted by atomic mass is 10.2. The van der Waals surface area contributed by atoms with Crippen LogP contribution in [0.4, 0.5) is 9.59 Å². The summed E-state index contributed by atoms with van der Waals surface area (Å²) in [6.45, 7) is 11.8. The van der Waals surface area contributed by atoms with Gasteiger partial charge in [0.2, 0.25) is 0 Å². The van der Waals surface area contributed by atoms with Crippen LogP contribution in [0.1, 0.15) is 71.9 Å². The Morgan fingerprint density at radius 3 is 1.35 bits per heavy atom. The minimum absolute atomic E-state index is 0.0875. The Morgan fingerprint density at radius 1 is 0.630 bits per heavy atom. The zero-order chi connectivity index (χ0) is 35.0. The van der Waals surface area contributed by atoms with Gasteiger partial charge in [-0.15, -0.1) is 0 Å². The molecule has 0 aliphatic carbocycles. The average Bonchev–Trinajstić information content (AvgIpc) is 2.95. The molecule has 0 aliphatic heterocycles. The molecule has 13 nitrogen and oxygen atoms in total. The average molecular weight is 648 g/mol. The van der Waals surface area contributed by atoms with E-state index in [9.17, 15) is 24.0 Å². The van der Waals surface area contributed by atoms with Crippen LogP contribution >= 0.6 is 0 Å². The first-order valence-corrected chi connectivity index (χ1v) is 14.8. The molecule has 0 saturated heterocycles. The highest BCUT2D eigenvalue weighted by Gasteiger charge is 2.16. The zero-order valence-electron chi connectivity index (χ0n) is 27.6. The number of carboxylic acid groups (broad SMARTS) is 1. The Labute approximate surface area is 271 Å². The maximum absolute atomic E-state index is 11.5. The normalized spacial score (nSPS) is 10.4. The molecule has 5 N–H and O–H groups in total. The number of ether oxygens (including phenoxy) is 4. The molecule has 46 heavy (non-hydrogen) atoms. The second kappa shape index (κ2) is 22.8. The van der Waals surface area contributed by atoms with Crippen molar-refractivity contribution in [2.75, 3.05) is 19.6 Å². The van der Waals surface area contributed by atoms with E-state index in [0.717, 1.165) is 11.1 Å². The number of nitrogens with two attached hydrogens (primary N) is 1. The van der Waals surface area contributed by atoms with E-state index in [1.165, 1.54) is 0 Å². The van der Waals surface area contributed by atoms with Gasteiger partial charge in [0, 0.05) is 19.6 Å². The van der Waals surface area contributed by atoms with Crippen LogP contribution in [0.15, 0.2) is 60.7 Å². The van der Waals surface area contributed by atoms with E-state index in [-0.39, 0.29) is 50.9 Å². The predicted molar refractivity (Wildman–Crippen MR) is 171 cm³/mol. The molecule has 2 aromatic rings. The zero-order valence-corrected chi connectivity index (χ0v) is 27.6. The molecule has 0 unspecified atom stereocenters. The summed E-state index contributed by atoms with van der Waals surface area (Å²) in [5.74, 6) is -1.55. The summed E-state index contributed by atoms with van der Waals surface area (Å²) in [7, 11) is 0. The van der Waals surface area contributed by atoms with Crippen LogP contribution in [0.5, 0.6) is 0 Å². The number of alkyl carbamates (subject to hydrolysis) is 2. The standard InChI is InChI=1S/C15H21NO4.C10H13NO2.C8H15NO4/c1-15(2,3)20-14(18)16-10-9-13(17)19-11-12-7-5-4-6-8-12;11-7-6-10(12)13-8-9-4-2-1-3-5-9;1-8(2,3)13-7(12)9-5-4-6(10)11/h4-8H,9-11H2,1-3H3,(H,16,18);1-5H,6-8,11H2;4-5H2,1-3H3,(H,9,12)(H,10,11). The number of hydrogen-bond acceptors (Lipinski definition) is 10. The lowest BCUT2D eigenvalue weighted by Gasteiger charge is -2.19. The van der Waals surface area contributed by atoms with Crippen LogP contribution in [-0.4, -0.2) is 66.0 Å². The van der Waals surface area contributed by atoms with Crippen LogP contribution in [0.2, 0.25) is 0 Å². The van der Waals surface area contributed by atoms with E-state index in [1.54, 1.807) is 41.5 Å². The van der Waals surface area contributed by atoms with Gasteiger partial charge in [-0.1, -0.05) is 60.7 Å². The fraction of sp³-hybridized carbons (Fsp3) is 0.485. The van der Waals surface area contributed by atoms with Crippen molar-refractivity contribution in [2.45, 2.75) is 85.2 Å². The minimum atomic E-state index is -0.948. The van der Waals surface area contributed by atoms with Crippen LogP contribution in [0, 0.1) is 0 Å². The van der Waals surface area contributed by atoms with Crippen LogP contribution < -0.4 is 16.4 Å². The monoisotopic (exact) mass is 647 g/mol. The third-order valence-electron chi connectivity index (χ3n) is 4.84. The first-order valence-electron chi connectivity index (χ1n) is 14.8. The highest BCUT2D eigenvalue weighted by atomic mass is 16.6. The summed E-state index contributed by atoms with van der Waals surface area (Å²) in [6, 6.07) is 19.0. The number of amides is 2. The van der Waals surface area contributed by atoms with Gasteiger partial charge >= 0.3 is 30.1 Å². The van der Waals surface area contributed by atoms with Crippen LogP contribution in [0.25, 0.3) is 0 Å². The number of carboxylic acids is 1. The number of hydrogen-bond donors (Lipinski definition) is 4. The molecule has 0 spiro atoms. The molecule has 13 heteroatoms. The third-order valence-corrected chi connectivity index (χ3v) is 4.84. The lowest BCUT2D eigenvalue weighted by Crippen LogP contribution is -2.33. The Bertz CT molecular complexity index is 1180. The predicted octanol–water partition coefficient (Wildman–Crippen LogP) is 4.71. The van der Waals surface area contributed by atoms with Crippen LogP contribution in [-0.2, 0) is 46.5 Å². The lowest BCUT2D eigenvalue weighted by molar-refractivity contribution is -0.145. The molecule has 2 rings (SSSR count). The second-order valence-corrected chi connectivity index (χ2v) is 11.6. The van der Waals surface area contributed by atoms with Gasteiger partial charge < -0.3 is 40.4 Å². The molecule has 0 atom stereocenters. The van der Waals surface area contributed by atoms with Crippen molar-refractivity contribution in [3.63, 3.8) is 0 Å². The highest BCUT2D eigenvalue weighted by Crippen LogP contribution is 2.07. The number of benzene rings is 2. The molecular formula is C33H49N3O10. The van der Waals surface area contributed by atoms with Crippen molar-refractivity contribution in [3.8, 4) is 0 Å². The number of rotatable bonds is 12. The summed E-state index contributed by atoms with van der Waals surface area (Å²) in [6.07, 6.45) is -0.819. The van der Waals surface area contributed by atoms with Crippen molar-refractivity contribution in [1.82, 2.24) is 10.6 Å². The number of carbonyl (C=O) groups excluding carboxylic acids is 4. The first kappa shape index (κ1) is 41.4. The largest absolute Gasteiger partial charge is 0.481 e. The molecule has 0 fully saturated rings. The Balaban J connectivity index is 0.000000687. The van der Waals surface area contributed by atoms with Gasteiger partial charge in [0.15, 0.2) is 0 Å². The van der Waals surface area contributed by atoms with Gasteiger partial charge in [-0.05, 0) is 52.7 Å². The van der Waals surface area contributed by atoms with E-state index in [1.807, 2.05) is 60.7 Å². The third kappa shape index (κ3) is 26.9. The number of aliphatic carboxylic acids is 1. The molecule has 0 aromatic heterocycles. The highest BCUT2D eigenvalue weighted by molar-refractivity contribution is 5.72. The van der Waals surface area contributed by atoms with Gasteiger partial charge in [0.05, 0.1) is 19.3 Å². The summed E-state index contributed by atoms with van der Waals surface area (Å²) in [5.41, 5.74) is 6.03. The van der Waals surface area contributed by atoms with E-state index >= 15 is 0 Å².